The lowest BCUT2D eigenvalue weighted by atomic mass is 9.89. The Bertz CT molecular complexity index is 1190. The van der Waals surface area contributed by atoms with E-state index in [-0.39, 0.29) is 23.6 Å². The molecule has 1 aliphatic heterocycles. The van der Waals surface area contributed by atoms with E-state index >= 15 is 0 Å². The highest BCUT2D eigenvalue weighted by atomic mass is 19.1. The number of para-hydroxylation sites is 1. The third-order valence-electron chi connectivity index (χ3n) is 6.26. The number of ether oxygens (including phenoxy) is 1. The summed E-state index contributed by atoms with van der Waals surface area (Å²) in [5.74, 6) is -1.11. The molecule has 32 heavy (non-hydrogen) atoms. The lowest BCUT2D eigenvalue weighted by Crippen LogP contribution is -2.39. The van der Waals surface area contributed by atoms with E-state index in [2.05, 4.69) is 5.10 Å². The normalized spacial score (nSPS) is 17.1. The molecular weight excluding hydrogens is 409 g/mol. The van der Waals surface area contributed by atoms with E-state index in [4.69, 9.17) is 4.74 Å². The van der Waals surface area contributed by atoms with E-state index in [9.17, 15) is 14.0 Å². The Kier molecular flexibility index (Phi) is 5.25. The third kappa shape index (κ3) is 3.38. The summed E-state index contributed by atoms with van der Waals surface area (Å²) in [5, 5.41) is 4.67. The van der Waals surface area contributed by atoms with Gasteiger partial charge in [0.1, 0.15) is 5.82 Å². The predicted molar refractivity (Wildman–Crippen MR) is 118 cm³/mol. The van der Waals surface area contributed by atoms with Crippen LogP contribution < -0.4 is 4.90 Å². The first kappa shape index (κ1) is 20.4. The van der Waals surface area contributed by atoms with Crippen LogP contribution in [0.4, 0.5) is 10.1 Å². The van der Waals surface area contributed by atoms with Crippen LogP contribution in [0.1, 0.15) is 53.0 Å². The molecule has 1 atom stereocenters. The number of esters is 1. The summed E-state index contributed by atoms with van der Waals surface area (Å²) >= 11 is 0. The van der Waals surface area contributed by atoms with Crippen LogP contribution in [-0.2, 0) is 22.4 Å². The van der Waals surface area contributed by atoms with Crippen molar-refractivity contribution in [2.24, 2.45) is 0 Å². The number of hydrogen-bond acceptors (Lipinski definition) is 4. The number of anilines is 1. The molecule has 1 amide bonds. The van der Waals surface area contributed by atoms with Crippen LogP contribution in [0.15, 0.2) is 48.5 Å². The number of benzene rings is 2. The summed E-state index contributed by atoms with van der Waals surface area (Å²) in [6, 6.07) is 13.7. The van der Waals surface area contributed by atoms with Gasteiger partial charge in [-0.05, 0) is 68.5 Å². The fraction of sp³-hybridized carbons (Fsp3) is 0.320. The molecule has 0 saturated heterocycles. The predicted octanol–water partition coefficient (Wildman–Crippen LogP) is 4.20. The molecule has 3 aromatic rings. The molecule has 1 aromatic heterocycles. The zero-order valence-corrected chi connectivity index (χ0v) is 17.9. The molecule has 164 valence electrons. The summed E-state index contributed by atoms with van der Waals surface area (Å²) in [6.07, 6.45) is 3.08. The van der Waals surface area contributed by atoms with Crippen molar-refractivity contribution in [3.8, 4) is 5.69 Å². The highest BCUT2D eigenvalue weighted by molar-refractivity contribution is 6.07. The molecule has 0 fully saturated rings. The maximum absolute atomic E-state index is 13.7. The maximum atomic E-state index is 13.7. The average Bonchev–Trinajstić information content (AvgIpc) is 3.42. The van der Waals surface area contributed by atoms with Crippen molar-refractivity contribution in [1.29, 1.82) is 0 Å². The quantitative estimate of drug-likeness (QED) is 0.579. The number of hydrogen-bond donors (Lipinski definition) is 0. The monoisotopic (exact) mass is 433 g/mol. The van der Waals surface area contributed by atoms with Gasteiger partial charge < -0.3 is 9.64 Å². The lowest BCUT2D eigenvalue weighted by molar-refractivity contribution is -0.145. The molecule has 0 N–H and O–H groups in total. The summed E-state index contributed by atoms with van der Waals surface area (Å²) in [6.45, 7) is 2.53. The third-order valence-corrected chi connectivity index (χ3v) is 6.26. The zero-order chi connectivity index (χ0) is 22.2. The van der Waals surface area contributed by atoms with Crippen LogP contribution in [-0.4, -0.2) is 34.8 Å². The van der Waals surface area contributed by atoms with Crippen LogP contribution in [0, 0.1) is 5.82 Å². The summed E-state index contributed by atoms with van der Waals surface area (Å²) in [4.78, 5) is 27.9. The van der Waals surface area contributed by atoms with Crippen LogP contribution >= 0.6 is 0 Å². The van der Waals surface area contributed by atoms with Gasteiger partial charge in [-0.15, -0.1) is 0 Å². The molecule has 0 spiro atoms. The Morgan fingerprint density at radius 2 is 1.91 bits per heavy atom. The number of amides is 1. The van der Waals surface area contributed by atoms with Gasteiger partial charge >= 0.3 is 5.97 Å². The van der Waals surface area contributed by atoms with Crippen molar-refractivity contribution in [1.82, 2.24) is 9.78 Å². The van der Waals surface area contributed by atoms with Crippen LogP contribution in [0.5, 0.6) is 0 Å². The van der Waals surface area contributed by atoms with Gasteiger partial charge in [-0.2, -0.15) is 5.10 Å². The minimum absolute atomic E-state index is 0.168. The van der Waals surface area contributed by atoms with Gasteiger partial charge in [-0.1, -0.05) is 18.2 Å². The Morgan fingerprint density at radius 3 is 2.69 bits per heavy atom. The second-order valence-corrected chi connectivity index (χ2v) is 8.12. The minimum atomic E-state index is -0.377. The Hall–Kier alpha value is -3.48. The van der Waals surface area contributed by atoms with Crippen molar-refractivity contribution in [3.05, 3.63) is 76.9 Å². The van der Waals surface area contributed by atoms with Crippen LogP contribution in [0.3, 0.4) is 0 Å². The van der Waals surface area contributed by atoms with Gasteiger partial charge in [0.2, 0.25) is 0 Å². The van der Waals surface area contributed by atoms with E-state index in [1.54, 1.807) is 28.6 Å². The van der Waals surface area contributed by atoms with Gasteiger partial charge in [0.15, 0.2) is 5.69 Å². The fourth-order valence-corrected chi connectivity index (χ4v) is 4.79. The Balaban J connectivity index is 1.52. The number of carbonyl (C=O) groups is 2. The van der Waals surface area contributed by atoms with E-state index in [0.717, 1.165) is 47.5 Å². The number of aromatic nitrogens is 2. The van der Waals surface area contributed by atoms with Crippen LogP contribution in [0.2, 0.25) is 0 Å². The smallest absolute Gasteiger partial charge is 0.313 e. The molecular formula is C25H24FN3O3. The van der Waals surface area contributed by atoms with Gasteiger partial charge in [0, 0.05) is 23.5 Å². The number of halogens is 1. The molecule has 2 aromatic carbocycles. The second kappa shape index (κ2) is 8.22. The first-order chi connectivity index (χ1) is 15.6. The lowest BCUT2D eigenvalue weighted by Gasteiger charge is -2.33. The van der Waals surface area contributed by atoms with Crippen molar-refractivity contribution >= 4 is 17.6 Å². The fourth-order valence-electron chi connectivity index (χ4n) is 4.79. The molecule has 0 saturated carbocycles. The van der Waals surface area contributed by atoms with E-state index in [0.29, 0.717) is 25.3 Å². The van der Waals surface area contributed by atoms with Gasteiger partial charge in [-0.3, -0.25) is 9.59 Å². The molecule has 0 radical (unpaired) electrons. The van der Waals surface area contributed by atoms with Crippen molar-refractivity contribution in [2.45, 2.75) is 38.5 Å². The zero-order valence-electron chi connectivity index (χ0n) is 17.9. The number of rotatable bonds is 4. The molecule has 2 heterocycles. The standard InChI is InChI=1S/C25H24FN3O3/c1-2-32-25(31)19-14-15-28(21-8-4-3-6-18(19)21)24(30)23-20-7-5-9-22(20)29(27-23)17-12-10-16(26)11-13-17/h3-4,6,8,10-13,19H,2,5,7,9,14-15H2,1H3. The second-order valence-electron chi connectivity index (χ2n) is 8.12. The van der Waals surface area contributed by atoms with Crippen molar-refractivity contribution < 1.29 is 18.7 Å². The maximum Gasteiger partial charge on any atom is 0.313 e. The van der Waals surface area contributed by atoms with Gasteiger partial charge in [-0.25, -0.2) is 9.07 Å². The minimum Gasteiger partial charge on any atom is -0.466 e. The molecule has 1 unspecified atom stereocenters. The molecule has 0 bridgehead atoms. The first-order valence-electron chi connectivity index (χ1n) is 11.0. The Labute approximate surface area is 185 Å². The molecule has 2 aliphatic rings. The largest absolute Gasteiger partial charge is 0.466 e. The first-order valence-corrected chi connectivity index (χ1v) is 11.0. The topological polar surface area (TPSA) is 64.4 Å². The highest BCUT2D eigenvalue weighted by Gasteiger charge is 2.36. The van der Waals surface area contributed by atoms with Crippen LogP contribution in [0.25, 0.3) is 5.69 Å². The molecule has 6 nitrogen and oxygen atoms in total. The number of nitrogens with zero attached hydrogens (tertiary/aromatic N) is 3. The van der Waals surface area contributed by atoms with E-state index in [1.165, 1.54) is 12.1 Å². The van der Waals surface area contributed by atoms with Gasteiger partial charge in [0.25, 0.3) is 5.91 Å². The Morgan fingerprint density at radius 1 is 1.12 bits per heavy atom. The average molecular weight is 433 g/mol. The van der Waals surface area contributed by atoms with Crippen molar-refractivity contribution in [3.63, 3.8) is 0 Å². The summed E-state index contributed by atoms with van der Waals surface area (Å²) in [5.41, 5.74) is 4.68. The molecule has 1 aliphatic carbocycles. The highest BCUT2D eigenvalue weighted by Crippen LogP contribution is 2.38. The molecule has 5 rings (SSSR count). The SMILES string of the molecule is CCOC(=O)C1CCN(C(=O)c2nn(-c3ccc(F)cc3)c3c2CCC3)c2ccccc21. The summed E-state index contributed by atoms with van der Waals surface area (Å²) < 4.78 is 20.4. The van der Waals surface area contributed by atoms with Gasteiger partial charge in [0.05, 0.1) is 18.2 Å². The number of carbonyl (C=O) groups excluding carboxylic acids is 2. The van der Waals surface area contributed by atoms with E-state index < -0.39 is 0 Å². The number of fused-ring (bicyclic) bond motifs is 2. The molecule has 7 heteroatoms. The van der Waals surface area contributed by atoms with E-state index in [1.807, 2.05) is 24.3 Å². The summed E-state index contributed by atoms with van der Waals surface area (Å²) in [7, 11) is 0. The van der Waals surface area contributed by atoms with Crippen molar-refractivity contribution in [2.75, 3.05) is 18.1 Å².